The van der Waals surface area contributed by atoms with Crippen LogP contribution in [0.1, 0.15) is 25.6 Å². The number of aromatic nitrogens is 1. The molecule has 0 aliphatic heterocycles. The number of carboxylic acids is 1. The zero-order chi connectivity index (χ0) is 12.8. The fraction of sp³-hybridized carbons (Fsp3) is 0.364. The van der Waals surface area contributed by atoms with E-state index in [1.54, 1.807) is 25.3 Å². The normalized spacial score (nSPS) is 13.5. The third-order valence-electron chi connectivity index (χ3n) is 2.20. The van der Waals surface area contributed by atoms with Gasteiger partial charge < -0.3 is 15.7 Å². The second kappa shape index (κ2) is 5.83. The number of carbonyl (C=O) groups is 2. The second-order valence-electron chi connectivity index (χ2n) is 3.65. The van der Waals surface area contributed by atoms with E-state index in [-0.39, 0.29) is 6.04 Å². The van der Waals surface area contributed by atoms with Crippen molar-refractivity contribution in [2.24, 2.45) is 0 Å². The van der Waals surface area contributed by atoms with E-state index < -0.39 is 18.0 Å². The van der Waals surface area contributed by atoms with Gasteiger partial charge in [-0.3, -0.25) is 9.78 Å². The molecular weight excluding hydrogens is 222 g/mol. The van der Waals surface area contributed by atoms with Crippen molar-refractivity contribution in [1.29, 1.82) is 0 Å². The molecule has 0 saturated carbocycles. The summed E-state index contributed by atoms with van der Waals surface area (Å²) >= 11 is 0. The van der Waals surface area contributed by atoms with Gasteiger partial charge in [-0.2, -0.15) is 0 Å². The summed E-state index contributed by atoms with van der Waals surface area (Å²) in [5, 5.41) is 13.5. The summed E-state index contributed by atoms with van der Waals surface area (Å²) < 4.78 is 0. The van der Waals surface area contributed by atoms with Crippen molar-refractivity contribution in [3.05, 3.63) is 30.1 Å². The number of amides is 2. The molecular formula is C11H15N3O3. The Bertz CT molecular complexity index is 394. The molecule has 0 aliphatic carbocycles. The van der Waals surface area contributed by atoms with Crippen LogP contribution in [0, 0.1) is 0 Å². The summed E-state index contributed by atoms with van der Waals surface area (Å²) in [4.78, 5) is 26.1. The molecule has 1 unspecified atom stereocenters. The van der Waals surface area contributed by atoms with E-state index in [1.165, 1.54) is 6.92 Å². The van der Waals surface area contributed by atoms with E-state index >= 15 is 0 Å². The van der Waals surface area contributed by atoms with Crippen LogP contribution < -0.4 is 10.6 Å². The Morgan fingerprint density at radius 1 is 1.29 bits per heavy atom. The van der Waals surface area contributed by atoms with Gasteiger partial charge in [-0.25, -0.2) is 4.79 Å². The Balaban J connectivity index is 2.49. The maximum atomic E-state index is 11.4. The van der Waals surface area contributed by atoms with Crippen LogP contribution in [-0.2, 0) is 4.79 Å². The molecule has 0 aliphatic rings. The van der Waals surface area contributed by atoms with Gasteiger partial charge in [-0.05, 0) is 26.0 Å². The number of aliphatic carboxylic acids is 1. The van der Waals surface area contributed by atoms with Crippen LogP contribution >= 0.6 is 0 Å². The predicted molar refractivity (Wildman–Crippen MR) is 61.4 cm³/mol. The molecule has 0 saturated heterocycles. The molecule has 2 amide bonds. The lowest BCUT2D eigenvalue weighted by Crippen LogP contribution is -2.45. The Labute approximate surface area is 99.1 Å². The highest BCUT2D eigenvalue weighted by Crippen LogP contribution is 2.07. The van der Waals surface area contributed by atoms with Crippen LogP contribution in [0.3, 0.4) is 0 Å². The third kappa shape index (κ3) is 4.10. The number of nitrogens with zero attached hydrogens (tertiary/aromatic N) is 1. The molecule has 1 aromatic heterocycles. The Kier molecular flexibility index (Phi) is 4.45. The molecule has 17 heavy (non-hydrogen) atoms. The van der Waals surface area contributed by atoms with Crippen LogP contribution in [0.4, 0.5) is 4.79 Å². The molecule has 0 bridgehead atoms. The first kappa shape index (κ1) is 13.0. The highest BCUT2D eigenvalue weighted by atomic mass is 16.4. The number of rotatable bonds is 4. The van der Waals surface area contributed by atoms with Gasteiger partial charge in [0.25, 0.3) is 0 Å². The molecule has 0 fully saturated rings. The molecule has 6 nitrogen and oxygen atoms in total. The van der Waals surface area contributed by atoms with Crippen LogP contribution in [0.5, 0.6) is 0 Å². The first-order chi connectivity index (χ1) is 8.00. The van der Waals surface area contributed by atoms with Gasteiger partial charge >= 0.3 is 12.0 Å². The van der Waals surface area contributed by atoms with Crippen molar-refractivity contribution in [3.63, 3.8) is 0 Å². The lowest BCUT2D eigenvalue weighted by Gasteiger charge is -2.15. The lowest BCUT2D eigenvalue weighted by molar-refractivity contribution is -0.138. The largest absolute Gasteiger partial charge is 0.480 e. The maximum Gasteiger partial charge on any atom is 0.325 e. The van der Waals surface area contributed by atoms with Crippen molar-refractivity contribution in [3.8, 4) is 0 Å². The smallest absolute Gasteiger partial charge is 0.325 e. The minimum atomic E-state index is -1.08. The van der Waals surface area contributed by atoms with E-state index in [4.69, 9.17) is 5.11 Å². The van der Waals surface area contributed by atoms with Gasteiger partial charge in [0, 0.05) is 6.20 Å². The first-order valence-corrected chi connectivity index (χ1v) is 5.21. The molecule has 6 heteroatoms. The number of hydrogen-bond acceptors (Lipinski definition) is 3. The van der Waals surface area contributed by atoms with Crippen molar-refractivity contribution in [2.45, 2.75) is 25.9 Å². The van der Waals surface area contributed by atoms with Gasteiger partial charge in [0.1, 0.15) is 6.04 Å². The highest BCUT2D eigenvalue weighted by Gasteiger charge is 2.16. The number of nitrogens with one attached hydrogen (secondary N) is 2. The molecule has 2 atom stereocenters. The molecule has 1 rings (SSSR count). The molecule has 0 radical (unpaired) electrons. The van der Waals surface area contributed by atoms with E-state index in [2.05, 4.69) is 15.6 Å². The van der Waals surface area contributed by atoms with Gasteiger partial charge in [0.15, 0.2) is 0 Å². The van der Waals surface area contributed by atoms with Crippen LogP contribution in [0.15, 0.2) is 24.4 Å². The van der Waals surface area contributed by atoms with Crippen molar-refractivity contribution < 1.29 is 14.7 Å². The molecule has 1 aromatic rings. The molecule has 0 aromatic carbocycles. The van der Waals surface area contributed by atoms with Crippen LogP contribution in [-0.4, -0.2) is 28.1 Å². The molecule has 92 valence electrons. The summed E-state index contributed by atoms with van der Waals surface area (Å²) in [6.45, 7) is 3.17. The SMILES string of the molecule is CC(NC(=O)N[C@H](C)C(=O)O)c1ccccn1. The van der Waals surface area contributed by atoms with Gasteiger partial charge in [0.05, 0.1) is 11.7 Å². The van der Waals surface area contributed by atoms with E-state index in [9.17, 15) is 9.59 Å². The molecule has 0 spiro atoms. The van der Waals surface area contributed by atoms with Gasteiger partial charge in [-0.1, -0.05) is 6.07 Å². The number of urea groups is 1. The summed E-state index contributed by atoms with van der Waals surface area (Å²) in [5.74, 6) is -1.08. The zero-order valence-corrected chi connectivity index (χ0v) is 9.68. The highest BCUT2D eigenvalue weighted by molar-refractivity contribution is 5.82. The minimum absolute atomic E-state index is 0.280. The Hall–Kier alpha value is -2.11. The summed E-state index contributed by atoms with van der Waals surface area (Å²) in [6.07, 6.45) is 1.63. The number of pyridine rings is 1. The average molecular weight is 237 g/mol. The van der Waals surface area contributed by atoms with Crippen molar-refractivity contribution in [1.82, 2.24) is 15.6 Å². The van der Waals surface area contributed by atoms with E-state index in [0.717, 1.165) is 0 Å². The molecule has 3 N–H and O–H groups in total. The number of carbonyl (C=O) groups excluding carboxylic acids is 1. The van der Waals surface area contributed by atoms with Crippen molar-refractivity contribution >= 4 is 12.0 Å². The molecule has 1 heterocycles. The Morgan fingerprint density at radius 3 is 2.53 bits per heavy atom. The maximum absolute atomic E-state index is 11.4. The summed E-state index contributed by atoms with van der Waals surface area (Å²) in [5.41, 5.74) is 0.714. The fourth-order valence-electron chi connectivity index (χ4n) is 1.20. The zero-order valence-electron chi connectivity index (χ0n) is 9.68. The topological polar surface area (TPSA) is 91.3 Å². The average Bonchev–Trinajstić information content (AvgIpc) is 2.29. The quantitative estimate of drug-likeness (QED) is 0.726. The standard InChI is InChI=1S/C11H15N3O3/c1-7(9-5-3-4-6-12-9)13-11(17)14-8(2)10(15)16/h3-8H,1-2H3,(H,15,16)(H2,13,14,17)/t7?,8-/m1/s1. The lowest BCUT2D eigenvalue weighted by atomic mass is 10.2. The number of carboxylic acid groups (broad SMARTS) is 1. The number of hydrogen-bond donors (Lipinski definition) is 3. The first-order valence-electron chi connectivity index (χ1n) is 5.21. The third-order valence-corrected chi connectivity index (χ3v) is 2.20. The van der Waals surface area contributed by atoms with E-state index in [0.29, 0.717) is 5.69 Å². The second-order valence-corrected chi connectivity index (χ2v) is 3.65. The monoisotopic (exact) mass is 237 g/mol. The van der Waals surface area contributed by atoms with Crippen LogP contribution in [0.25, 0.3) is 0 Å². The fourth-order valence-corrected chi connectivity index (χ4v) is 1.20. The van der Waals surface area contributed by atoms with Gasteiger partial charge in [-0.15, -0.1) is 0 Å². The predicted octanol–water partition coefficient (Wildman–Crippen LogP) is 0.915. The Morgan fingerprint density at radius 2 is 2.00 bits per heavy atom. The van der Waals surface area contributed by atoms with Crippen molar-refractivity contribution in [2.75, 3.05) is 0 Å². The summed E-state index contributed by atoms with van der Waals surface area (Å²) in [7, 11) is 0. The van der Waals surface area contributed by atoms with E-state index in [1.807, 2.05) is 6.07 Å². The summed E-state index contributed by atoms with van der Waals surface area (Å²) in [6, 6.07) is 3.65. The van der Waals surface area contributed by atoms with Gasteiger partial charge in [0.2, 0.25) is 0 Å². The van der Waals surface area contributed by atoms with Crippen LogP contribution in [0.2, 0.25) is 0 Å². The minimum Gasteiger partial charge on any atom is -0.480 e.